The molecule has 440 valence electrons. The van der Waals surface area contributed by atoms with Gasteiger partial charge in [-0.1, -0.05) is 46.4 Å². The maximum absolute atomic E-state index is 15.5. The molecule has 1 aliphatic heterocycles. The lowest BCUT2D eigenvalue weighted by atomic mass is 10.1. The number of sulfonamides is 2. The Morgan fingerprint density at radius 1 is 0.575 bits per heavy atom. The zero-order valence-electron chi connectivity index (χ0n) is 43.7. The molecule has 1 fully saturated rings. The number of urea groups is 2. The highest BCUT2D eigenvalue weighted by Gasteiger charge is 2.40. The molecule has 3 aliphatic rings. The smallest absolute Gasteiger partial charge is 0.314 e. The Morgan fingerprint density at radius 2 is 1.04 bits per heavy atom. The number of piperazine rings is 1. The van der Waals surface area contributed by atoms with Crippen molar-refractivity contribution in [2.45, 2.75) is 60.1 Å². The average molecular weight is 1240 g/mol. The van der Waals surface area contributed by atoms with Crippen molar-refractivity contribution in [1.82, 2.24) is 40.9 Å². The van der Waals surface area contributed by atoms with Gasteiger partial charge in [-0.2, -0.15) is 0 Å². The van der Waals surface area contributed by atoms with Crippen molar-refractivity contribution in [2.24, 2.45) is 0 Å². The second kappa shape index (κ2) is 31.3. The predicted molar refractivity (Wildman–Crippen MR) is 298 cm³/mol. The minimum atomic E-state index is -4.06. The lowest BCUT2D eigenvalue weighted by Crippen LogP contribution is -2.50. The molecule has 4 amide bonds. The van der Waals surface area contributed by atoms with Crippen LogP contribution in [0.15, 0.2) is 70.5 Å². The van der Waals surface area contributed by atoms with Crippen molar-refractivity contribution in [3.63, 3.8) is 0 Å². The van der Waals surface area contributed by atoms with Gasteiger partial charge in [0.1, 0.15) is 12.2 Å². The molecule has 7 rings (SSSR count). The second-order valence-electron chi connectivity index (χ2n) is 18.7. The van der Waals surface area contributed by atoms with E-state index in [1.165, 1.54) is 24.3 Å². The van der Waals surface area contributed by atoms with Gasteiger partial charge in [-0.3, -0.25) is 4.90 Å². The number of carbonyl (C=O) groups is 2. The number of ether oxygens (including phenoxy) is 6. The van der Waals surface area contributed by atoms with Crippen molar-refractivity contribution in [3.8, 4) is 11.5 Å². The number of amides is 4. The van der Waals surface area contributed by atoms with Crippen LogP contribution in [-0.4, -0.2) is 158 Å². The highest BCUT2D eigenvalue weighted by atomic mass is 35.5. The molecule has 80 heavy (non-hydrogen) atoms. The first-order valence-electron chi connectivity index (χ1n) is 26.2. The second-order valence-corrected chi connectivity index (χ2v) is 23.9. The summed E-state index contributed by atoms with van der Waals surface area (Å²) in [5.41, 5.74) is 3.35. The fraction of sp³-hybridized carbons (Fsp3) is 0.500. The topological polar surface area (TPSA) is 245 Å². The number of nitrogens with zero attached hydrogens (tertiary/aromatic N) is 1. The van der Waals surface area contributed by atoms with E-state index in [4.69, 9.17) is 74.8 Å². The van der Waals surface area contributed by atoms with Gasteiger partial charge in [0.25, 0.3) is 0 Å². The monoisotopic (exact) mass is 1240 g/mol. The SMILES string of the molecule is O=C(NCCCCNC(=O)NCCOCCOCCNS(=O)(=O)c1ccc(O[C@H]2c3cc(Cl)cc(Cl)c3C[C@@H]2N2CCNCC2)c(F)c1)NCCOCCOCCNS(=O)(=O)c1ccc(O[C@@H]2CCc3c(Cl)cc(Cl)cc32)c(F)c1. The Morgan fingerprint density at radius 3 is 1.55 bits per heavy atom. The largest absolute Gasteiger partial charge is 0.483 e. The summed E-state index contributed by atoms with van der Waals surface area (Å²) in [6, 6.07) is 13.0. The predicted octanol–water partition coefficient (Wildman–Crippen LogP) is 6.30. The van der Waals surface area contributed by atoms with Gasteiger partial charge >= 0.3 is 12.1 Å². The molecule has 2 aliphatic carbocycles. The summed E-state index contributed by atoms with van der Waals surface area (Å²) in [4.78, 5) is 25.9. The molecule has 20 nitrogen and oxygen atoms in total. The molecule has 0 bridgehead atoms. The highest BCUT2D eigenvalue weighted by Crippen LogP contribution is 2.44. The first kappa shape index (κ1) is 63.2. The molecule has 4 aromatic carbocycles. The zero-order chi connectivity index (χ0) is 57.1. The van der Waals surface area contributed by atoms with E-state index >= 15 is 4.39 Å². The maximum atomic E-state index is 15.5. The summed E-state index contributed by atoms with van der Waals surface area (Å²) in [5, 5.41) is 16.1. The molecular formula is C52H66Cl4F2N8O12S2. The average Bonchev–Trinajstić information content (AvgIpc) is 4.07. The van der Waals surface area contributed by atoms with Crippen LogP contribution >= 0.6 is 46.4 Å². The van der Waals surface area contributed by atoms with Gasteiger partial charge in [0.15, 0.2) is 23.1 Å². The summed E-state index contributed by atoms with van der Waals surface area (Å²) < 4.78 is 121. The molecule has 1 saturated heterocycles. The first-order chi connectivity index (χ1) is 38.5. The molecular weight excluding hydrogens is 1170 g/mol. The summed E-state index contributed by atoms with van der Waals surface area (Å²) in [5.74, 6) is -1.83. The van der Waals surface area contributed by atoms with Crippen LogP contribution in [0.4, 0.5) is 18.4 Å². The van der Waals surface area contributed by atoms with Crippen molar-refractivity contribution >= 4 is 78.5 Å². The minimum Gasteiger partial charge on any atom is -0.483 e. The van der Waals surface area contributed by atoms with Gasteiger partial charge in [0.05, 0.1) is 68.7 Å². The van der Waals surface area contributed by atoms with E-state index in [1.54, 1.807) is 24.3 Å². The maximum Gasteiger partial charge on any atom is 0.314 e. The van der Waals surface area contributed by atoms with Crippen LogP contribution in [0, 0.1) is 11.6 Å². The van der Waals surface area contributed by atoms with E-state index in [0.29, 0.717) is 65.3 Å². The molecule has 4 aromatic rings. The Hall–Kier alpha value is -4.38. The van der Waals surface area contributed by atoms with Gasteiger partial charge in [-0.25, -0.2) is 44.6 Å². The van der Waals surface area contributed by atoms with Crippen LogP contribution in [0.2, 0.25) is 20.1 Å². The standard InChI is InChI=1S/C52H66Cl4F2N8O12S2/c53-34-27-40-38(42(55)29-34)5-8-47(40)77-48-6-3-36(31-44(48)57)79(69,70)64-15-21-75-25-23-73-19-13-62-51(67)60-9-1-2-10-61-52(68)63-14-20-74-24-26-76-22-16-65-80(71,72)37-4-7-49(45(58)32-37)78-50-41-28-35(54)30-43(56)39(41)33-46(50)66-17-11-59-12-18-66/h3-4,6-7,27-32,46-47,50,59,64-65H,1-2,5,8-26,33H2,(H2,60,62,67)(H2,61,63,68)/t46-,47+,50-/m0/s1. The molecule has 28 heteroatoms. The van der Waals surface area contributed by atoms with Gasteiger partial charge in [0, 0.05) is 91.1 Å². The number of nitrogens with one attached hydrogen (secondary N) is 7. The van der Waals surface area contributed by atoms with Crippen LogP contribution < -0.4 is 45.5 Å². The first-order valence-corrected chi connectivity index (χ1v) is 30.6. The van der Waals surface area contributed by atoms with Gasteiger partial charge in [-0.15, -0.1) is 0 Å². The number of carbonyl (C=O) groups excluding carboxylic acids is 2. The Balaban J connectivity index is 0.634. The molecule has 3 atom stereocenters. The lowest BCUT2D eigenvalue weighted by Gasteiger charge is -2.36. The van der Waals surface area contributed by atoms with Crippen LogP contribution in [0.3, 0.4) is 0 Å². The van der Waals surface area contributed by atoms with Gasteiger partial charge in [-0.05, 0) is 109 Å². The Kier molecular flexibility index (Phi) is 24.8. The summed E-state index contributed by atoms with van der Waals surface area (Å²) >= 11 is 25.3. The van der Waals surface area contributed by atoms with Crippen LogP contribution in [0.1, 0.15) is 53.7 Å². The van der Waals surface area contributed by atoms with Crippen molar-refractivity contribution < 1.29 is 63.6 Å². The number of rotatable bonds is 32. The quantitative estimate of drug-likeness (QED) is 0.0266. The molecule has 1 heterocycles. The third-order valence-electron chi connectivity index (χ3n) is 13.1. The van der Waals surface area contributed by atoms with E-state index < -0.39 is 43.9 Å². The summed E-state index contributed by atoms with van der Waals surface area (Å²) in [7, 11) is -8.09. The normalized spacial score (nSPS) is 17.2. The lowest BCUT2D eigenvalue weighted by molar-refractivity contribution is 0.0516. The number of unbranched alkanes of at least 4 members (excludes halogenated alkanes) is 1. The third kappa shape index (κ3) is 18.8. The molecule has 0 unspecified atom stereocenters. The molecule has 0 radical (unpaired) electrons. The number of hydrogen-bond acceptors (Lipinski definition) is 14. The number of hydrogen-bond donors (Lipinski definition) is 7. The van der Waals surface area contributed by atoms with E-state index in [2.05, 4.69) is 40.9 Å². The third-order valence-corrected chi connectivity index (χ3v) is 17.1. The van der Waals surface area contributed by atoms with Gasteiger partial charge < -0.3 is 55.0 Å². The van der Waals surface area contributed by atoms with E-state index in [1.807, 2.05) is 0 Å². The van der Waals surface area contributed by atoms with Crippen molar-refractivity contribution in [2.75, 3.05) is 118 Å². The van der Waals surface area contributed by atoms with Crippen molar-refractivity contribution in [3.05, 3.63) is 115 Å². The van der Waals surface area contributed by atoms with E-state index in [0.717, 1.165) is 60.6 Å². The summed E-state index contributed by atoms with van der Waals surface area (Å²) in [6.07, 6.45) is 2.02. The Labute approximate surface area is 484 Å². The molecule has 0 saturated carbocycles. The number of benzene rings is 4. The summed E-state index contributed by atoms with van der Waals surface area (Å²) in [6.45, 7) is 5.58. The van der Waals surface area contributed by atoms with Crippen LogP contribution in [0.5, 0.6) is 11.5 Å². The molecule has 0 spiro atoms. The van der Waals surface area contributed by atoms with Crippen LogP contribution in [0.25, 0.3) is 0 Å². The van der Waals surface area contributed by atoms with Crippen LogP contribution in [-0.2, 0) is 51.8 Å². The van der Waals surface area contributed by atoms with Gasteiger partial charge in [0.2, 0.25) is 20.0 Å². The number of halogens is 6. The van der Waals surface area contributed by atoms with Crippen molar-refractivity contribution in [1.29, 1.82) is 0 Å². The number of fused-ring (bicyclic) bond motifs is 2. The zero-order valence-corrected chi connectivity index (χ0v) is 48.4. The van der Waals surface area contributed by atoms with E-state index in [-0.39, 0.29) is 118 Å². The minimum absolute atomic E-state index is 0.0366. The highest BCUT2D eigenvalue weighted by molar-refractivity contribution is 7.89. The molecule has 0 aromatic heterocycles. The fourth-order valence-electron chi connectivity index (χ4n) is 9.16. The molecule has 7 N–H and O–H groups in total. The van der Waals surface area contributed by atoms with E-state index in [9.17, 15) is 30.8 Å². The Bertz CT molecular complexity index is 2960. The fourth-order valence-corrected chi connectivity index (χ4v) is 12.4.